The average Bonchev–Trinajstić information content (AvgIpc) is 2.85. The van der Waals surface area contributed by atoms with Crippen molar-refractivity contribution in [2.75, 3.05) is 5.73 Å². The minimum absolute atomic E-state index is 0.323. The summed E-state index contributed by atoms with van der Waals surface area (Å²) >= 11 is 5.74. The quantitative estimate of drug-likeness (QED) is 0.769. The van der Waals surface area contributed by atoms with Crippen LogP contribution in [0.1, 0.15) is 12.8 Å². The van der Waals surface area contributed by atoms with Crippen LogP contribution in [0.2, 0.25) is 5.02 Å². The van der Waals surface area contributed by atoms with Gasteiger partial charge in [-0.25, -0.2) is 0 Å². The first-order valence-corrected chi connectivity index (χ1v) is 5.73. The third kappa shape index (κ3) is 1.86. The zero-order chi connectivity index (χ0) is 9.42. The summed E-state index contributed by atoms with van der Waals surface area (Å²) in [6.07, 6.45) is 2.10. The van der Waals surface area contributed by atoms with Gasteiger partial charge < -0.3 is 5.73 Å². The fourth-order valence-electron chi connectivity index (χ4n) is 1.16. The Hall–Kier alpha value is -0.540. The van der Waals surface area contributed by atoms with Crippen LogP contribution >= 0.6 is 11.6 Å². The van der Waals surface area contributed by atoms with Crippen LogP contribution in [0.5, 0.6) is 0 Å². The first kappa shape index (κ1) is 9.03. The van der Waals surface area contributed by atoms with Crippen molar-refractivity contribution in [3.8, 4) is 0 Å². The van der Waals surface area contributed by atoms with Crippen LogP contribution in [0, 0.1) is 0 Å². The Morgan fingerprint density at radius 1 is 1.46 bits per heavy atom. The van der Waals surface area contributed by atoms with Gasteiger partial charge in [0.15, 0.2) is 0 Å². The molecule has 1 unspecified atom stereocenters. The maximum atomic E-state index is 11.7. The number of hydrogen-bond donors (Lipinski definition) is 1. The van der Waals surface area contributed by atoms with Gasteiger partial charge in [-0.2, -0.15) is 0 Å². The van der Waals surface area contributed by atoms with Crippen LogP contribution in [0.4, 0.5) is 5.69 Å². The number of hydrogen-bond acceptors (Lipinski definition) is 2. The standard InChI is InChI=1S/C9H10ClNOS/c10-6-1-4-9(8(11)5-6)13(12)7-2-3-7/h1,4-5,7H,2-3,11H2. The molecule has 0 aliphatic heterocycles. The van der Waals surface area contributed by atoms with Crippen molar-refractivity contribution in [3.05, 3.63) is 23.2 Å². The topological polar surface area (TPSA) is 43.1 Å². The Kier molecular flexibility index (Phi) is 2.30. The molecule has 1 aliphatic carbocycles. The highest BCUT2D eigenvalue weighted by molar-refractivity contribution is 7.86. The molecule has 2 nitrogen and oxygen atoms in total. The predicted octanol–water partition coefficient (Wildman–Crippen LogP) is 2.19. The number of nitrogens with two attached hydrogens (primary N) is 1. The largest absolute Gasteiger partial charge is 0.398 e. The molecule has 0 heterocycles. The van der Waals surface area contributed by atoms with E-state index in [0.29, 0.717) is 16.0 Å². The number of rotatable bonds is 2. The van der Waals surface area contributed by atoms with Crippen LogP contribution in [0.3, 0.4) is 0 Å². The molecule has 0 spiro atoms. The van der Waals surface area contributed by atoms with Crippen molar-refractivity contribution in [3.63, 3.8) is 0 Å². The molecule has 0 aromatic heterocycles. The van der Waals surface area contributed by atoms with Crippen LogP contribution in [-0.2, 0) is 10.8 Å². The smallest absolute Gasteiger partial charge is 0.0621 e. The van der Waals surface area contributed by atoms with Gasteiger partial charge in [0.05, 0.1) is 15.7 Å². The van der Waals surface area contributed by atoms with Crippen molar-refractivity contribution >= 4 is 28.1 Å². The van der Waals surface area contributed by atoms with E-state index in [2.05, 4.69) is 0 Å². The highest BCUT2D eigenvalue weighted by Gasteiger charge is 2.30. The summed E-state index contributed by atoms with van der Waals surface area (Å²) in [5.74, 6) is 0. The monoisotopic (exact) mass is 215 g/mol. The molecule has 2 rings (SSSR count). The summed E-state index contributed by atoms with van der Waals surface area (Å²) < 4.78 is 11.7. The Morgan fingerprint density at radius 2 is 2.15 bits per heavy atom. The Balaban J connectivity index is 2.33. The van der Waals surface area contributed by atoms with Gasteiger partial charge in [0.25, 0.3) is 0 Å². The minimum atomic E-state index is -0.928. The highest BCUT2D eigenvalue weighted by Crippen LogP contribution is 2.33. The van der Waals surface area contributed by atoms with Gasteiger partial charge in [0, 0.05) is 16.0 Å². The molecule has 1 fully saturated rings. The first-order chi connectivity index (χ1) is 6.18. The number of nitrogen functional groups attached to an aromatic ring is 1. The van der Waals surface area contributed by atoms with Gasteiger partial charge in [-0.3, -0.25) is 4.21 Å². The van der Waals surface area contributed by atoms with E-state index in [9.17, 15) is 4.21 Å². The second-order valence-corrected chi connectivity index (χ2v) is 5.32. The maximum Gasteiger partial charge on any atom is 0.0621 e. The molecule has 1 saturated carbocycles. The van der Waals surface area contributed by atoms with E-state index in [-0.39, 0.29) is 0 Å². The van der Waals surface area contributed by atoms with E-state index in [4.69, 9.17) is 17.3 Å². The SMILES string of the molecule is Nc1cc(Cl)ccc1S(=O)C1CC1. The number of halogens is 1. The molecule has 1 aliphatic rings. The fourth-order valence-corrected chi connectivity index (χ4v) is 2.76. The van der Waals surface area contributed by atoms with Crippen molar-refractivity contribution in [2.24, 2.45) is 0 Å². The number of anilines is 1. The molecule has 13 heavy (non-hydrogen) atoms. The van der Waals surface area contributed by atoms with E-state index in [1.54, 1.807) is 18.2 Å². The minimum Gasteiger partial charge on any atom is -0.398 e. The van der Waals surface area contributed by atoms with Crippen molar-refractivity contribution in [2.45, 2.75) is 23.0 Å². The molecule has 0 saturated heterocycles. The average molecular weight is 216 g/mol. The van der Waals surface area contributed by atoms with E-state index >= 15 is 0 Å². The van der Waals surface area contributed by atoms with Crippen molar-refractivity contribution in [1.82, 2.24) is 0 Å². The zero-order valence-electron chi connectivity index (χ0n) is 7.00. The highest BCUT2D eigenvalue weighted by atomic mass is 35.5. The van der Waals surface area contributed by atoms with Crippen LogP contribution < -0.4 is 5.73 Å². The summed E-state index contributed by atoms with van der Waals surface area (Å²) in [5, 5.41) is 0.914. The van der Waals surface area contributed by atoms with E-state index in [1.807, 2.05) is 0 Å². The summed E-state index contributed by atoms with van der Waals surface area (Å²) in [6, 6.07) is 5.14. The van der Waals surface area contributed by atoms with E-state index < -0.39 is 10.8 Å². The summed E-state index contributed by atoms with van der Waals surface area (Å²) in [5.41, 5.74) is 6.25. The Morgan fingerprint density at radius 3 is 2.69 bits per heavy atom. The van der Waals surface area contributed by atoms with E-state index in [1.165, 1.54) is 0 Å². The first-order valence-electron chi connectivity index (χ1n) is 4.14. The van der Waals surface area contributed by atoms with Gasteiger partial charge in [-0.15, -0.1) is 0 Å². The summed E-state index contributed by atoms with van der Waals surface area (Å²) in [7, 11) is -0.928. The Labute approximate surface area is 84.5 Å². The third-order valence-corrected chi connectivity index (χ3v) is 4.13. The van der Waals surface area contributed by atoms with Crippen molar-refractivity contribution < 1.29 is 4.21 Å². The molecule has 70 valence electrons. The maximum absolute atomic E-state index is 11.7. The predicted molar refractivity (Wildman–Crippen MR) is 55.3 cm³/mol. The molecular weight excluding hydrogens is 206 g/mol. The molecule has 0 amide bonds. The lowest BCUT2D eigenvalue weighted by atomic mass is 10.3. The second kappa shape index (κ2) is 3.31. The molecule has 2 N–H and O–H groups in total. The van der Waals surface area contributed by atoms with E-state index in [0.717, 1.165) is 17.7 Å². The third-order valence-electron chi connectivity index (χ3n) is 2.02. The van der Waals surface area contributed by atoms with Gasteiger partial charge >= 0.3 is 0 Å². The molecule has 0 radical (unpaired) electrons. The lowest BCUT2D eigenvalue weighted by molar-refractivity contribution is 0.682. The van der Waals surface area contributed by atoms with Crippen LogP contribution in [0.25, 0.3) is 0 Å². The van der Waals surface area contributed by atoms with Gasteiger partial charge in [0.1, 0.15) is 0 Å². The summed E-state index contributed by atoms with van der Waals surface area (Å²) in [4.78, 5) is 0.729. The van der Waals surface area contributed by atoms with Gasteiger partial charge in [0.2, 0.25) is 0 Å². The molecule has 1 aromatic carbocycles. The normalized spacial score (nSPS) is 18.5. The molecular formula is C9H10ClNOS. The fraction of sp³-hybridized carbons (Fsp3) is 0.333. The van der Waals surface area contributed by atoms with Gasteiger partial charge in [-0.05, 0) is 31.0 Å². The lowest BCUT2D eigenvalue weighted by Crippen LogP contribution is -2.01. The van der Waals surface area contributed by atoms with Crippen LogP contribution in [0.15, 0.2) is 23.1 Å². The second-order valence-electron chi connectivity index (χ2n) is 3.18. The zero-order valence-corrected chi connectivity index (χ0v) is 8.57. The molecule has 1 aromatic rings. The lowest BCUT2D eigenvalue weighted by Gasteiger charge is -2.04. The summed E-state index contributed by atoms with van der Waals surface area (Å²) in [6.45, 7) is 0. The number of benzene rings is 1. The van der Waals surface area contributed by atoms with Crippen LogP contribution in [-0.4, -0.2) is 9.46 Å². The van der Waals surface area contributed by atoms with Crippen molar-refractivity contribution in [1.29, 1.82) is 0 Å². The molecule has 0 bridgehead atoms. The molecule has 1 atom stereocenters. The van der Waals surface area contributed by atoms with Gasteiger partial charge in [-0.1, -0.05) is 11.6 Å². The Bertz CT molecular complexity index is 363. The molecule has 4 heteroatoms.